The fourth-order valence-corrected chi connectivity index (χ4v) is 2.28. The van der Waals surface area contributed by atoms with Crippen molar-refractivity contribution in [3.8, 4) is 0 Å². The number of anilines is 1. The van der Waals surface area contributed by atoms with Crippen molar-refractivity contribution in [2.45, 2.75) is 24.1 Å². The fraction of sp³-hybridized carbons (Fsp3) is 0.273. The van der Waals surface area contributed by atoms with Crippen molar-refractivity contribution >= 4 is 17.4 Å². The minimum Gasteiger partial charge on any atom is -0.396 e. The predicted octanol–water partition coefficient (Wildman–Crippen LogP) is 2.31. The SMILES string of the molecule is CCn1ncnc1CSc1ccc(N)c(F)c1. The summed E-state index contributed by atoms with van der Waals surface area (Å²) in [6.45, 7) is 2.79. The number of thioether (sulfide) groups is 1. The molecule has 0 aliphatic carbocycles. The Kier molecular flexibility index (Phi) is 3.63. The zero-order chi connectivity index (χ0) is 12.3. The van der Waals surface area contributed by atoms with E-state index in [4.69, 9.17) is 5.73 Å². The Labute approximate surface area is 103 Å². The van der Waals surface area contributed by atoms with E-state index < -0.39 is 0 Å². The average molecular weight is 252 g/mol. The first kappa shape index (κ1) is 11.9. The lowest BCUT2D eigenvalue weighted by molar-refractivity contribution is 0.628. The van der Waals surface area contributed by atoms with Crippen LogP contribution in [0.2, 0.25) is 0 Å². The van der Waals surface area contributed by atoms with Gasteiger partial charge >= 0.3 is 0 Å². The molecule has 0 bridgehead atoms. The molecule has 2 rings (SSSR count). The monoisotopic (exact) mass is 252 g/mol. The molecule has 0 aliphatic heterocycles. The Morgan fingerprint density at radius 2 is 2.29 bits per heavy atom. The Hall–Kier alpha value is -1.56. The predicted molar refractivity (Wildman–Crippen MR) is 66.1 cm³/mol. The van der Waals surface area contributed by atoms with Gasteiger partial charge in [-0.05, 0) is 25.1 Å². The largest absolute Gasteiger partial charge is 0.396 e. The minimum atomic E-state index is -0.382. The molecule has 1 aromatic heterocycles. The van der Waals surface area contributed by atoms with Crippen molar-refractivity contribution in [1.29, 1.82) is 0 Å². The number of halogens is 1. The van der Waals surface area contributed by atoms with Gasteiger partial charge in [0.1, 0.15) is 18.0 Å². The number of nitrogens with zero attached hydrogens (tertiary/aromatic N) is 3. The Morgan fingerprint density at radius 1 is 1.47 bits per heavy atom. The zero-order valence-electron chi connectivity index (χ0n) is 9.43. The van der Waals surface area contributed by atoms with Crippen LogP contribution in [-0.2, 0) is 12.3 Å². The van der Waals surface area contributed by atoms with E-state index in [1.165, 1.54) is 24.2 Å². The third kappa shape index (κ3) is 2.76. The lowest BCUT2D eigenvalue weighted by Crippen LogP contribution is -2.02. The zero-order valence-corrected chi connectivity index (χ0v) is 10.2. The van der Waals surface area contributed by atoms with Crippen molar-refractivity contribution in [3.05, 3.63) is 36.2 Å². The van der Waals surface area contributed by atoms with Crippen LogP contribution in [0.25, 0.3) is 0 Å². The number of rotatable bonds is 4. The molecule has 17 heavy (non-hydrogen) atoms. The highest BCUT2D eigenvalue weighted by atomic mass is 32.2. The lowest BCUT2D eigenvalue weighted by atomic mass is 10.3. The second kappa shape index (κ2) is 5.18. The maximum atomic E-state index is 13.2. The summed E-state index contributed by atoms with van der Waals surface area (Å²) in [6, 6.07) is 4.81. The van der Waals surface area contributed by atoms with E-state index in [-0.39, 0.29) is 11.5 Å². The number of nitrogens with two attached hydrogens (primary N) is 1. The van der Waals surface area contributed by atoms with E-state index in [1.54, 1.807) is 12.1 Å². The summed E-state index contributed by atoms with van der Waals surface area (Å²) in [5.74, 6) is 1.17. The molecule has 0 atom stereocenters. The summed E-state index contributed by atoms with van der Waals surface area (Å²) in [7, 11) is 0. The standard InChI is InChI=1S/C11H13FN4S/c1-2-16-11(14-7-15-16)6-17-8-3-4-10(13)9(12)5-8/h3-5,7H,2,6,13H2,1H3. The molecule has 6 heteroatoms. The Morgan fingerprint density at radius 3 is 3.00 bits per heavy atom. The summed E-state index contributed by atoms with van der Waals surface area (Å²) in [6.07, 6.45) is 1.53. The van der Waals surface area contributed by atoms with Crippen LogP contribution in [0.3, 0.4) is 0 Å². The molecule has 0 fully saturated rings. The van der Waals surface area contributed by atoms with Gasteiger partial charge < -0.3 is 5.73 Å². The Balaban J connectivity index is 2.05. The van der Waals surface area contributed by atoms with E-state index in [1.807, 2.05) is 11.6 Å². The van der Waals surface area contributed by atoms with Gasteiger partial charge in [-0.15, -0.1) is 11.8 Å². The van der Waals surface area contributed by atoms with Gasteiger partial charge in [0.2, 0.25) is 0 Å². The second-order valence-electron chi connectivity index (χ2n) is 3.46. The molecule has 1 heterocycles. The van der Waals surface area contributed by atoms with Gasteiger partial charge in [0, 0.05) is 11.4 Å². The molecular formula is C11H13FN4S. The van der Waals surface area contributed by atoms with Crippen LogP contribution in [-0.4, -0.2) is 14.8 Å². The van der Waals surface area contributed by atoms with Crippen molar-refractivity contribution in [2.24, 2.45) is 0 Å². The molecule has 0 unspecified atom stereocenters. The molecule has 2 N–H and O–H groups in total. The first-order valence-corrected chi connectivity index (χ1v) is 6.23. The van der Waals surface area contributed by atoms with Crippen molar-refractivity contribution in [1.82, 2.24) is 14.8 Å². The summed E-state index contributed by atoms with van der Waals surface area (Å²) >= 11 is 1.51. The van der Waals surface area contributed by atoms with Gasteiger partial charge in [0.25, 0.3) is 0 Å². The molecular weight excluding hydrogens is 239 g/mol. The van der Waals surface area contributed by atoms with Crippen LogP contribution >= 0.6 is 11.8 Å². The van der Waals surface area contributed by atoms with E-state index in [9.17, 15) is 4.39 Å². The van der Waals surface area contributed by atoms with Crippen LogP contribution in [0, 0.1) is 5.82 Å². The third-order valence-corrected chi connectivity index (χ3v) is 3.32. The third-order valence-electron chi connectivity index (χ3n) is 2.34. The summed E-state index contributed by atoms with van der Waals surface area (Å²) in [5.41, 5.74) is 5.59. The van der Waals surface area contributed by atoms with Gasteiger partial charge in [-0.2, -0.15) is 5.10 Å². The molecule has 90 valence electrons. The molecule has 2 aromatic rings. The van der Waals surface area contributed by atoms with Crippen LogP contribution < -0.4 is 5.73 Å². The molecule has 0 spiro atoms. The number of benzene rings is 1. The van der Waals surface area contributed by atoms with Crippen molar-refractivity contribution in [2.75, 3.05) is 5.73 Å². The van der Waals surface area contributed by atoms with E-state index in [0.29, 0.717) is 5.75 Å². The molecule has 1 aromatic carbocycles. The number of hydrogen-bond acceptors (Lipinski definition) is 4. The van der Waals surface area contributed by atoms with Gasteiger partial charge in [-0.3, -0.25) is 0 Å². The molecule has 4 nitrogen and oxygen atoms in total. The van der Waals surface area contributed by atoms with E-state index in [2.05, 4.69) is 10.1 Å². The van der Waals surface area contributed by atoms with E-state index in [0.717, 1.165) is 17.3 Å². The first-order valence-electron chi connectivity index (χ1n) is 5.25. The maximum absolute atomic E-state index is 13.2. The summed E-state index contributed by atoms with van der Waals surface area (Å²) < 4.78 is 15.0. The molecule has 0 saturated carbocycles. The number of hydrogen-bond donors (Lipinski definition) is 1. The van der Waals surface area contributed by atoms with Gasteiger partial charge in [0.05, 0.1) is 11.4 Å². The summed E-state index contributed by atoms with van der Waals surface area (Å²) in [5, 5.41) is 4.08. The number of nitrogen functional groups attached to an aromatic ring is 1. The lowest BCUT2D eigenvalue weighted by Gasteiger charge is -2.04. The smallest absolute Gasteiger partial charge is 0.147 e. The number of aromatic nitrogens is 3. The maximum Gasteiger partial charge on any atom is 0.147 e. The van der Waals surface area contributed by atoms with Crippen molar-refractivity contribution in [3.63, 3.8) is 0 Å². The second-order valence-corrected chi connectivity index (χ2v) is 4.51. The first-order chi connectivity index (χ1) is 8.20. The quantitative estimate of drug-likeness (QED) is 0.670. The summed E-state index contributed by atoms with van der Waals surface area (Å²) in [4.78, 5) is 4.99. The molecule has 0 aliphatic rings. The normalized spacial score (nSPS) is 10.7. The molecule has 0 amide bonds. The van der Waals surface area contributed by atoms with Crippen LogP contribution in [0.5, 0.6) is 0 Å². The topological polar surface area (TPSA) is 56.7 Å². The highest BCUT2D eigenvalue weighted by molar-refractivity contribution is 7.98. The highest BCUT2D eigenvalue weighted by Gasteiger charge is 2.05. The highest BCUT2D eigenvalue weighted by Crippen LogP contribution is 2.24. The van der Waals surface area contributed by atoms with Crippen molar-refractivity contribution < 1.29 is 4.39 Å². The average Bonchev–Trinajstić information content (AvgIpc) is 2.78. The van der Waals surface area contributed by atoms with Crippen LogP contribution in [0.4, 0.5) is 10.1 Å². The minimum absolute atomic E-state index is 0.172. The van der Waals surface area contributed by atoms with Crippen LogP contribution in [0.15, 0.2) is 29.4 Å². The number of aryl methyl sites for hydroxylation is 1. The molecule has 0 radical (unpaired) electrons. The van der Waals surface area contributed by atoms with Gasteiger partial charge in [0.15, 0.2) is 0 Å². The van der Waals surface area contributed by atoms with Gasteiger partial charge in [-0.25, -0.2) is 14.1 Å². The van der Waals surface area contributed by atoms with E-state index >= 15 is 0 Å². The molecule has 0 saturated heterocycles. The fourth-order valence-electron chi connectivity index (χ4n) is 1.41. The Bertz CT molecular complexity index is 512. The van der Waals surface area contributed by atoms with Crippen LogP contribution in [0.1, 0.15) is 12.7 Å². The van der Waals surface area contributed by atoms with Gasteiger partial charge in [-0.1, -0.05) is 0 Å².